The number of fused-ring (bicyclic) bond motifs is 2. The molecule has 2 aromatic carbocycles. The Balaban J connectivity index is 1.26. The summed E-state index contributed by atoms with van der Waals surface area (Å²) in [5.74, 6) is -0.395. The molecule has 0 saturated carbocycles. The number of alkyl halides is 3. The second-order valence-electron chi connectivity index (χ2n) is 9.56. The second-order valence-corrected chi connectivity index (χ2v) is 10.4. The fourth-order valence-electron chi connectivity index (χ4n) is 5.05. The van der Waals surface area contributed by atoms with Gasteiger partial charge in [-0.25, -0.2) is 0 Å². The lowest BCUT2D eigenvalue weighted by atomic mass is 9.79. The number of oxime groups is 1. The number of hydrogen-bond acceptors (Lipinski definition) is 5. The number of aromatic nitrogens is 1. The molecule has 0 aliphatic carbocycles. The summed E-state index contributed by atoms with van der Waals surface area (Å²) in [7, 11) is -0.993. The van der Waals surface area contributed by atoms with E-state index in [0.29, 0.717) is 23.1 Å². The molecule has 1 unspecified atom stereocenters. The van der Waals surface area contributed by atoms with Crippen molar-refractivity contribution in [2.24, 2.45) is 5.16 Å². The van der Waals surface area contributed by atoms with Gasteiger partial charge >= 0.3 is 13.3 Å². The maximum atomic E-state index is 14.4. The fraction of sp³-hybridized carbons (Fsp3) is 0.185. The van der Waals surface area contributed by atoms with Gasteiger partial charge in [-0.05, 0) is 59.1 Å². The number of benzene rings is 2. The van der Waals surface area contributed by atoms with Crippen LogP contribution in [0.4, 0.5) is 13.2 Å². The highest BCUT2D eigenvalue weighted by molar-refractivity contribution is 6.61. The number of halogens is 5. The van der Waals surface area contributed by atoms with Crippen LogP contribution in [-0.4, -0.2) is 34.3 Å². The number of rotatable bonds is 5. The van der Waals surface area contributed by atoms with Crippen LogP contribution in [0, 0.1) is 0 Å². The summed E-state index contributed by atoms with van der Waals surface area (Å²) in [5.41, 5.74) is 0.494. The highest BCUT2D eigenvalue weighted by Crippen LogP contribution is 2.50. The van der Waals surface area contributed by atoms with Crippen molar-refractivity contribution in [1.82, 2.24) is 9.72 Å². The van der Waals surface area contributed by atoms with E-state index in [4.69, 9.17) is 32.7 Å². The Morgan fingerprint density at radius 3 is 2.65 bits per heavy atom. The average molecular weight is 588 g/mol. The summed E-state index contributed by atoms with van der Waals surface area (Å²) in [5, 5.41) is 16.7. The molecule has 0 bridgehead atoms. The lowest BCUT2D eigenvalue weighted by Gasteiger charge is -2.29. The zero-order valence-corrected chi connectivity index (χ0v) is 22.0. The van der Waals surface area contributed by atoms with Gasteiger partial charge in [0.25, 0.3) is 11.5 Å². The minimum Gasteiger partial charge on any atom is -0.423 e. The van der Waals surface area contributed by atoms with E-state index < -0.39 is 31.2 Å². The Hall–Kier alpha value is -3.51. The first kappa shape index (κ1) is 26.7. The molecule has 1 amide bonds. The molecule has 2 aliphatic rings. The van der Waals surface area contributed by atoms with E-state index in [-0.39, 0.29) is 33.6 Å². The SMILES string of the molecule is O=C(NCc1ccc2c(c1)B(O)OC2)c1ccc(C2=NOC(c3cc(Cl)cc(Cl)c3)(C(F)(F)F)C2)c2cccn12. The van der Waals surface area contributed by atoms with Gasteiger partial charge in [0.2, 0.25) is 0 Å². The summed E-state index contributed by atoms with van der Waals surface area (Å²) in [6.45, 7) is 0.522. The van der Waals surface area contributed by atoms with Crippen molar-refractivity contribution in [3.05, 3.63) is 105 Å². The molecule has 4 heterocycles. The average Bonchev–Trinajstić information content (AvgIpc) is 3.65. The molecule has 1 atom stereocenters. The summed E-state index contributed by atoms with van der Waals surface area (Å²) >= 11 is 12.0. The topological polar surface area (TPSA) is 84.6 Å². The Bertz CT molecular complexity index is 1670. The molecule has 4 aromatic rings. The number of amides is 1. The molecule has 7 nitrogen and oxygen atoms in total. The molecule has 204 valence electrons. The van der Waals surface area contributed by atoms with E-state index in [2.05, 4.69) is 10.5 Å². The summed E-state index contributed by atoms with van der Waals surface area (Å²) in [6, 6.07) is 15.5. The normalized spacial score (nSPS) is 18.6. The minimum atomic E-state index is -4.83. The zero-order chi connectivity index (χ0) is 28.2. The van der Waals surface area contributed by atoms with Crippen LogP contribution in [0.1, 0.15) is 39.2 Å². The molecule has 0 radical (unpaired) electrons. The first-order chi connectivity index (χ1) is 19.1. The summed E-state index contributed by atoms with van der Waals surface area (Å²) in [4.78, 5) is 18.2. The van der Waals surface area contributed by atoms with Gasteiger partial charge in [0.05, 0.1) is 24.3 Å². The molecule has 0 fully saturated rings. The number of nitrogens with one attached hydrogen (secondary N) is 1. The third kappa shape index (κ3) is 4.52. The Kier molecular flexibility index (Phi) is 6.57. The predicted octanol–water partition coefficient (Wildman–Crippen LogP) is 4.98. The van der Waals surface area contributed by atoms with Gasteiger partial charge in [0.1, 0.15) is 5.69 Å². The number of pyridine rings is 1. The summed E-state index contributed by atoms with van der Waals surface area (Å²) < 4.78 is 50.1. The highest BCUT2D eigenvalue weighted by atomic mass is 35.5. The maximum Gasteiger partial charge on any atom is 0.491 e. The maximum absolute atomic E-state index is 14.4. The number of nitrogens with zero attached hydrogens (tertiary/aromatic N) is 2. The van der Waals surface area contributed by atoms with Crippen LogP contribution in [-0.2, 0) is 28.2 Å². The molecular weight excluding hydrogens is 569 g/mol. The van der Waals surface area contributed by atoms with Gasteiger partial charge in [-0.15, -0.1) is 0 Å². The molecule has 6 rings (SSSR count). The first-order valence-electron chi connectivity index (χ1n) is 12.1. The van der Waals surface area contributed by atoms with Crippen LogP contribution in [0.5, 0.6) is 0 Å². The number of carbonyl (C=O) groups is 1. The van der Waals surface area contributed by atoms with E-state index in [0.717, 1.165) is 23.3 Å². The first-order valence-corrected chi connectivity index (χ1v) is 12.9. The standard InChI is InChI=1S/C27H19BCl2F3N3O4/c29-18-9-17(10-19(30)11-18)26(27(31,32)33)12-22(35-40-26)20-5-6-24(36-7-1-2-23(20)36)25(37)34-13-15-3-4-16-14-39-28(38)21(16)8-15/h1-11,38H,12-14H2,(H,34,37). The van der Waals surface area contributed by atoms with Gasteiger partial charge in [-0.3, -0.25) is 4.79 Å². The summed E-state index contributed by atoms with van der Waals surface area (Å²) in [6.07, 6.45) is -3.81. The fourth-order valence-corrected chi connectivity index (χ4v) is 5.58. The van der Waals surface area contributed by atoms with Crippen LogP contribution in [0.25, 0.3) is 5.52 Å². The van der Waals surface area contributed by atoms with Gasteiger partial charge < -0.3 is 24.2 Å². The van der Waals surface area contributed by atoms with Crippen molar-refractivity contribution in [2.45, 2.75) is 31.3 Å². The van der Waals surface area contributed by atoms with Crippen molar-refractivity contribution in [3.8, 4) is 0 Å². The Labute approximate surface area is 236 Å². The Morgan fingerprint density at radius 2 is 1.90 bits per heavy atom. The largest absolute Gasteiger partial charge is 0.491 e. The highest BCUT2D eigenvalue weighted by Gasteiger charge is 2.62. The van der Waals surface area contributed by atoms with Crippen LogP contribution in [0.15, 0.2) is 72.0 Å². The van der Waals surface area contributed by atoms with Gasteiger partial charge in [0, 0.05) is 33.9 Å². The predicted molar refractivity (Wildman–Crippen MR) is 144 cm³/mol. The van der Waals surface area contributed by atoms with Crippen molar-refractivity contribution in [1.29, 1.82) is 0 Å². The lowest BCUT2D eigenvalue weighted by Crippen LogP contribution is -2.42. The van der Waals surface area contributed by atoms with E-state index in [1.807, 2.05) is 12.1 Å². The Morgan fingerprint density at radius 1 is 1.12 bits per heavy atom. The van der Waals surface area contributed by atoms with Crippen LogP contribution >= 0.6 is 23.2 Å². The van der Waals surface area contributed by atoms with Gasteiger partial charge in [-0.1, -0.05) is 46.6 Å². The lowest BCUT2D eigenvalue weighted by molar-refractivity contribution is -0.275. The molecule has 2 N–H and O–H groups in total. The second kappa shape index (κ2) is 9.85. The van der Waals surface area contributed by atoms with Crippen LogP contribution in [0.2, 0.25) is 10.0 Å². The number of carbonyl (C=O) groups excluding carboxylic acids is 1. The van der Waals surface area contributed by atoms with Crippen LogP contribution in [0.3, 0.4) is 0 Å². The third-order valence-electron chi connectivity index (χ3n) is 7.08. The number of hydrogen-bond donors (Lipinski definition) is 2. The van der Waals surface area contributed by atoms with E-state index in [1.54, 1.807) is 34.9 Å². The van der Waals surface area contributed by atoms with E-state index in [1.165, 1.54) is 12.1 Å². The van der Waals surface area contributed by atoms with Crippen molar-refractivity contribution in [2.75, 3.05) is 0 Å². The molecule has 0 spiro atoms. The van der Waals surface area contributed by atoms with Gasteiger partial charge in [-0.2, -0.15) is 13.2 Å². The molecule has 0 saturated heterocycles. The van der Waals surface area contributed by atoms with Gasteiger partial charge in [0.15, 0.2) is 0 Å². The van der Waals surface area contributed by atoms with E-state index >= 15 is 0 Å². The quantitative estimate of drug-likeness (QED) is 0.323. The molecule has 40 heavy (non-hydrogen) atoms. The van der Waals surface area contributed by atoms with Crippen molar-refractivity contribution >= 4 is 52.9 Å². The molecular formula is C27H19BCl2F3N3O4. The van der Waals surface area contributed by atoms with E-state index in [9.17, 15) is 23.0 Å². The van der Waals surface area contributed by atoms with Crippen molar-refractivity contribution in [3.63, 3.8) is 0 Å². The third-order valence-corrected chi connectivity index (χ3v) is 7.51. The zero-order valence-electron chi connectivity index (χ0n) is 20.5. The molecule has 13 heteroatoms. The smallest absolute Gasteiger partial charge is 0.423 e. The monoisotopic (exact) mass is 587 g/mol. The molecule has 2 aromatic heterocycles. The van der Waals surface area contributed by atoms with Crippen molar-refractivity contribution < 1.29 is 32.5 Å². The molecule has 2 aliphatic heterocycles. The van der Waals surface area contributed by atoms with Crippen LogP contribution < -0.4 is 10.8 Å². The minimum absolute atomic E-state index is 0.0388.